The Hall–Kier alpha value is -1.39. The van der Waals surface area contributed by atoms with Crippen molar-refractivity contribution < 1.29 is 14.3 Å². The summed E-state index contributed by atoms with van der Waals surface area (Å²) in [5.74, 6) is -0.225. The van der Waals surface area contributed by atoms with Crippen molar-refractivity contribution in [2.75, 3.05) is 0 Å². The van der Waals surface area contributed by atoms with E-state index in [9.17, 15) is 4.79 Å². The molecule has 0 radical (unpaired) electrons. The predicted molar refractivity (Wildman–Crippen MR) is 66.0 cm³/mol. The number of carboxylic acids is 1. The van der Waals surface area contributed by atoms with Gasteiger partial charge in [-0.15, -0.1) is 0 Å². The summed E-state index contributed by atoms with van der Waals surface area (Å²) in [7, 11) is 0. The summed E-state index contributed by atoms with van der Waals surface area (Å²) >= 11 is 7.13. The second-order valence-corrected chi connectivity index (χ2v) is 4.91. The van der Waals surface area contributed by atoms with Crippen LogP contribution >= 0.6 is 23.4 Å². The second kappa shape index (κ2) is 4.85. The van der Waals surface area contributed by atoms with E-state index in [4.69, 9.17) is 21.1 Å². The molecule has 0 saturated carbocycles. The normalized spacial score (nSPS) is 10.5. The number of benzene rings is 1. The fraction of sp³-hybridized carbons (Fsp3) is 0.0833. The third-order valence-corrected chi connectivity index (χ3v) is 3.66. The summed E-state index contributed by atoms with van der Waals surface area (Å²) in [6.07, 6.45) is 1.58. The van der Waals surface area contributed by atoms with Crippen molar-refractivity contribution in [1.82, 2.24) is 0 Å². The third kappa shape index (κ3) is 2.65. The van der Waals surface area contributed by atoms with Gasteiger partial charge in [0.1, 0.15) is 5.76 Å². The summed E-state index contributed by atoms with van der Waals surface area (Å²) in [6.45, 7) is 1.83. The Balaban J connectivity index is 2.39. The molecule has 0 aliphatic rings. The van der Waals surface area contributed by atoms with E-state index in [2.05, 4.69) is 0 Å². The number of carboxylic acid groups (broad SMARTS) is 1. The molecule has 0 amide bonds. The number of aromatic carboxylic acids is 1. The standard InChI is InChI=1S/C12H9ClO3S/c1-7-10(4-5-16-7)17-11-3-2-8(13)6-9(11)12(14)15/h2-6H,1H3,(H,14,15). The average Bonchev–Trinajstić information content (AvgIpc) is 2.67. The zero-order valence-electron chi connectivity index (χ0n) is 8.94. The van der Waals surface area contributed by atoms with Crippen LogP contribution in [-0.4, -0.2) is 11.1 Å². The highest BCUT2D eigenvalue weighted by Gasteiger charge is 2.13. The molecule has 0 aliphatic heterocycles. The molecule has 3 nitrogen and oxygen atoms in total. The third-order valence-electron chi connectivity index (χ3n) is 2.20. The minimum absolute atomic E-state index is 0.197. The predicted octanol–water partition coefficient (Wildman–Crippen LogP) is 4.09. The van der Waals surface area contributed by atoms with Crippen molar-refractivity contribution in [1.29, 1.82) is 0 Å². The van der Waals surface area contributed by atoms with Gasteiger partial charge in [-0.2, -0.15) is 0 Å². The van der Waals surface area contributed by atoms with Crippen LogP contribution in [0.3, 0.4) is 0 Å². The number of rotatable bonds is 3. The lowest BCUT2D eigenvalue weighted by molar-refractivity contribution is 0.0693. The van der Waals surface area contributed by atoms with Gasteiger partial charge in [-0.05, 0) is 31.2 Å². The van der Waals surface area contributed by atoms with Gasteiger partial charge in [0, 0.05) is 9.92 Å². The van der Waals surface area contributed by atoms with Crippen LogP contribution in [-0.2, 0) is 0 Å². The SMILES string of the molecule is Cc1occc1Sc1ccc(Cl)cc1C(=O)O. The fourth-order valence-electron chi connectivity index (χ4n) is 1.36. The van der Waals surface area contributed by atoms with Gasteiger partial charge < -0.3 is 9.52 Å². The van der Waals surface area contributed by atoms with Gasteiger partial charge in [-0.25, -0.2) is 4.79 Å². The zero-order chi connectivity index (χ0) is 12.4. The minimum Gasteiger partial charge on any atom is -0.478 e. The number of carbonyl (C=O) groups is 1. The molecule has 0 unspecified atom stereocenters. The molecule has 5 heteroatoms. The van der Waals surface area contributed by atoms with E-state index >= 15 is 0 Å². The minimum atomic E-state index is -0.990. The van der Waals surface area contributed by atoms with Crippen LogP contribution in [0.15, 0.2) is 44.7 Å². The van der Waals surface area contributed by atoms with Crippen molar-refractivity contribution in [3.05, 3.63) is 46.9 Å². The first-order chi connectivity index (χ1) is 8.08. The van der Waals surface area contributed by atoms with E-state index in [1.807, 2.05) is 6.92 Å². The average molecular weight is 269 g/mol. The maximum Gasteiger partial charge on any atom is 0.336 e. The van der Waals surface area contributed by atoms with Gasteiger partial charge in [0.2, 0.25) is 0 Å². The lowest BCUT2D eigenvalue weighted by Gasteiger charge is -2.05. The molecule has 0 fully saturated rings. The molecule has 0 saturated heterocycles. The molecule has 1 N–H and O–H groups in total. The maximum atomic E-state index is 11.1. The highest BCUT2D eigenvalue weighted by molar-refractivity contribution is 7.99. The molecule has 0 bridgehead atoms. The summed E-state index contributed by atoms with van der Waals surface area (Å²) in [5.41, 5.74) is 0.197. The Morgan fingerprint density at radius 1 is 1.35 bits per heavy atom. The largest absolute Gasteiger partial charge is 0.478 e. The molecule has 1 aromatic carbocycles. The van der Waals surface area contributed by atoms with Crippen molar-refractivity contribution in [3.63, 3.8) is 0 Å². The van der Waals surface area contributed by atoms with E-state index in [1.54, 1.807) is 24.5 Å². The Kier molecular flexibility index (Phi) is 3.45. The molecular weight excluding hydrogens is 260 g/mol. The van der Waals surface area contributed by atoms with Crippen LogP contribution in [0.5, 0.6) is 0 Å². The number of furan rings is 1. The van der Waals surface area contributed by atoms with Gasteiger partial charge in [0.15, 0.2) is 0 Å². The first kappa shape index (κ1) is 12.1. The molecule has 0 atom stereocenters. The Morgan fingerprint density at radius 2 is 2.12 bits per heavy atom. The summed E-state index contributed by atoms with van der Waals surface area (Å²) in [5, 5.41) is 9.51. The maximum absolute atomic E-state index is 11.1. The van der Waals surface area contributed by atoms with Crippen molar-refractivity contribution in [2.45, 2.75) is 16.7 Å². The molecule has 2 aromatic rings. The number of hydrogen-bond donors (Lipinski definition) is 1. The monoisotopic (exact) mass is 268 g/mol. The van der Waals surface area contributed by atoms with Crippen LogP contribution < -0.4 is 0 Å². The number of hydrogen-bond acceptors (Lipinski definition) is 3. The Labute approximate surface area is 107 Å². The van der Waals surface area contributed by atoms with Gasteiger partial charge in [-0.1, -0.05) is 23.4 Å². The fourth-order valence-corrected chi connectivity index (χ4v) is 2.47. The molecule has 88 valence electrons. The van der Waals surface area contributed by atoms with Crippen LogP contribution in [0, 0.1) is 6.92 Å². The number of aryl methyl sites for hydroxylation is 1. The van der Waals surface area contributed by atoms with E-state index in [0.717, 1.165) is 10.7 Å². The van der Waals surface area contributed by atoms with Crippen LogP contribution in [0.2, 0.25) is 5.02 Å². The highest BCUT2D eigenvalue weighted by atomic mass is 35.5. The molecular formula is C12H9ClO3S. The molecule has 1 aromatic heterocycles. The van der Waals surface area contributed by atoms with Crippen molar-refractivity contribution in [3.8, 4) is 0 Å². The molecule has 0 spiro atoms. The van der Waals surface area contributed by atoms with Crippen LogP contribution in [0.4, 0.5) is 0 Å². The van der Waals surface area contributed by atoms with Crippen molar-refractivity contribution in [2.24, 2.45) is 0 Å². The summed E-state index contributed by atoms with van der Waals surface area (Å²) in [6, 6.07) is 6.62. The van der Waals surface area contributed by atoms with Gasteiger partial charge in [-0.3, -0.25) is 0 Å². The smallest absolute Gasteiger partial charge is 0.336 e. The Morgan fingerprint density at radius 3 is 2.71 bits per heavy atom. The molecule has 17 heavy (non-hydrogen) atoms. The first-order valence-corrected chi connectivity index (χ1v) is 6.02. The van der Waals surface area contributed by atoms with Crippen LogP contribution in [0.25, 0.3) is 0 Å². The van der Waals surface area contributed by atoms with Gasteiger partial charge >= 0.3 is 5.97 Å². The highest BCUT2D eigenvalue weighted by Crippen LogP contribution is 2.34. The van der Waals surface area contributed by atoms with Crippen LogP contribution in [0.1, 0.15) is 16.1 Å². The molecule has 2 rings (SSSR count). The quantitative estimate of drug-likeness (QED) is 0.911. The van der Waals surface area contributed by atoms with E-state index in [1.165, 1.54) is 17.8 Å². The lowest BCUT2D eigenvalue weighted by atomic mass is 10.2. The van der Waals surface area contributed by atoms with E-state index in [0.29, 0.717) is 9.92 Å². The van der Waals surface area contributed by atoms with E-state index in [-0.39, 0.29) is 5.56 Å². The summed E-state index contributed by atoms with van der Waals surface area (Å²) in [4.78, 5) is 12.6. The van der Waals surface area contributed by atoms with Gasteiger partial charge in [0.25, 0.3) is 0 Å². The lowest BCUT2D eigenvalue weighted by Crippen LogP contribution is -1.98. The molecule has 0 aliphatic carbocycles. The van der Waals surface area contributed by atoms with E-state index < -0.39 is 5.97 Å². The first-order valence-electron chi connectivity index (χ1n) is 4.82. The number of halogens is 1. The summed E-state index contributed by atoms with van der Waals surface area (Å²) < 4.78 is 5.17. The molecule has 1 heterocycles. The van der Waals surface area contributed by atoms with Crippen molar-refractivity contribution >= 4 is 29.3 Å². The Bertz CT molecular complexity index is 563. The topological polar surface area (TPSA) is 50.4 Å². The van der Waals surface area contributed by atoms with Gasteiger partial charge in [0.05, 0.1) is 16.7 Å². The zero-order valence-corrected chi connectivity index (χ0v) is 10.5. The second-order valence-electron chi connectivity index (χ2n) is 3.39.